The highest BCUT2D eigenvalue weighted by molar-refractivity contribution is 5.79. The number of urea groups is 1. The van der Waals surface area contributed by atoms with Crippen LogP contribution in [0.1, 0.15) is 5.56 Å². The average molecular weight is 258 g/mol. The lowest BCUT2D eigenvalue weighted by molar-refractivity contribution is -0.135. The molecule has 0 aliphatic rings. The van der Waals surface area contributed by atoms with Crippen molar-refractivity contribution in [2.24, 2.45) is 0 Å². The molecule has 0 heterocycles. The second-order valence-corrected chi connectivity index (χ2v) is 3.53. The highest BCUT2D eigenvalue weighted by Gasteiger charge is 2.04. The Kier molecular flexibility index (Phi) is 5.04. The summed E-state index contributed by atoms with van der Waals surface area (Å²) in [6.07, 6.45) is 0.245. The molecule has 18 heavy (non-hydrogen) atoms. The Morgan fingerprint density at radius 2 is 1.72 bits per heavy atom. The van der Waals surface area contributed by atoms with Crippen LogP contribution in [0.25, 0.3) is 0 Å². The van der Waals surface area contributed by atoms with Gasteiger partial charge < -0.3 is 15.7 Å². The quantitative estimate of drug-likeness (QED) is 0.734. The second-order valence-electron chi connectivity index (χ2n) is 3.53. The second kappa shape index (κ2) is 6.53. The Morgan fingerprint density at radius 1 is 1.11 bits per heavy atom. The van der Waals surface area contributed by atoms with Crippen molar-refractivity contribution >= 4 is 12.0 Å². The average Bonchev–Trinajstić information content (AvgIpc) is 2.25. The van der Waals surface area contributed by atoms with Crippen LogP contribution in [-0.2, 0) is 11.2 Å². The van der Waals surface area contributed by atoms with Crippen molar-refractivity contribution < 1.29 is 23.5 Å². The van der Waals surface area contributed by atoms with Crippen LogP contribution in [0, 0.1) is 11.6 Å². The van der Waals surface area contributed by atoms with Crippen molar-refractivity contribution in [3.63, 3.8) is 0 Å². The Morgan fingerprint density at radius 3 is 2.28 bits per heavy atom. The number of amides is 2. The topological polar surface area (TPSA) is 78.4 Å². The van der Waals surface area contributed by atoms with E-state index in [2.05, 4.69) is 10.6 Å². The van der Waals surface area contributed by atoms with E-state index in [0.29, 0.717) is 5.56 Å². The number of hydrogen-bond acceptors (Lipinski definition) is 2. The molecule has 1 aromatic carbocycles. The summed E-state index contributed by atoms with van der Waals surface area (Å²) in [6.45, 7) is -0.339. The number of carboxylic acid groups (broad SMARTS) is 1. The SMILES string of the molecule is O=C(O)CNC(=O)NCCc1cc(F)cc(F)c1. The van der Waals surface area contributed by atoms with Crippen molar-refractivity contribution in [1.29, 1.82) is 0 Å². The van der Waals surface area contributed by atoms with E-state index in [-0.39, 0.29) is 13.0 Å². The molecule has 0 bridgehead atoms. The van der Waals surface area contributed by atoms with E-state index in [1.54, 1.807) is 0 Å². The van der Waals surface area contributed by atoms with Crippen LogP contribution in [0.5, 0.6) is 0 Å². The minimum atomic E-state index is -1.16. The number of benzene rings is 1. The molecule has 0 saturated carbocycles. The summed E-state index contributed by atoms with van der Waals surface area (Å²) in [5.74, 6) is -2.52. The molecule has 0 unspecified atom stereocenters. The van der Waals surface area contributed by atoms with Crippen molar-refractivity contribution in [1.82, 2.24) is 10.6 Å². The zero-order valence-electron chi connectivity index (χ0n) is 9.37. The lowest BCUT2D eigenvalue weighted by Gasteiger charge is -2.06. The molecule has 0 aliphatic heterocycles. The molecule has 98 valence electrons. The van der Waals surface area contributed by atoms with Crippen LogP contribution >= 0.6 is 0 Å². The standard InChI is InChI=1S/C11H12F2N2O3/c12-8-3-7(4-9(13)5-8)1-2-14-11(18)15-6-10(16)17/h3-5H,1-2,6H2,(H,16,17)(H2,14,15,18). The van der Waals surface area contributed by atoms with Gasteiger partial charge in [0, 0.05) is 12.6 Å². The highest BCUT2D eigenvalue weighted by atomic mass is 19.1. The molecule has 5 nitrogen and oxygen atoms in total. The third-order valence-corrected chi connectivity index (χ3v) is 2.02. The zero-order valence-corrected chi connectivity index (χ0v) is 9.37. The van der Waals surface area contributed by atoms with E-state index in [1.165, 1.54) is 12.1 Å². The van der Waals surface area contributed by atoms with E-state index >= 15 is 0 Å². The maximum atomic E-state index is 12.8. The number of carboxylic acids is 1. The van der Waals surface area contributed by atoms with Crippen LogP contribution in [-0.4, -0.2) is 30.2 Å². The first-order valence-electron chi connectivity index (χ1n) is 5.16. The molecule has 3 N–H and O–H groups in total. The Balaban J connectivity index is 2.33. The molecule has 1 rings (SSSR count). The summed E-state index contributed by atoms with van der Waals surface area (Å²) in [6, 6.07) is 2.45. The smallest absolute Gasteiger partial charge is 0.323 e. The number of nitrogens with one attached hydrogen (secondary N) is 2. The zero-order chi connectivity index (χ0) is 13.5. The van der Waals surface area contributed by atoms with Gasteiger partial charge in [-0.2, -0.15) is 0 Å². The van der Waals surface area contributed by atoms with Crippen LogP contribution < -0.4 is 10.6 Å². The molecule has 0 radical (unpaired) electrons. The van der Waals surface area contributed by atoms with Gasteiger partial charge in [-0.25, -0.2) is 13.6 Å². The number of halogens is 2. The van der Waals surface area contributed by atoms with Crippen LogP contribution in [0.4, 0.5) is 13.6 Å². The molecule has 0 saturated heterocycles. The van der Waals surface area contributed by atoms with Gasteiger partial charge in [-0.15, -0.1) is 0 Å². The third-order valence-electron chi connectivity index (χ3n) is 2.02. The lowest BCUT2D eigenvalue weighted by atomic mass is 10.1. The lowest BCUT2D eigenvalue weighted by Crippen LogP contribution is -2.39. The normalized spacial score (nSPS) is 9.89. The van der Waals surface area contributed by atoms with E-state index < -0.39 is 30.2 Å². The fourth-order valence-corrected chi connectivity index (χ4v) is 1.29. The molecule has 0 fully saturated rings. The van der Waals surface area contributed by atoms with Crippen molar-refractivity contribution in [3.05, 3.63) is 35.4 Å². The largest absolute Gasteiger partial charge is 0.480 e. The Labute approximate surface area is 102 Å². The van der Waals surface area contributed by atoms with Gasteiger partial charge in [0.1, 0.15) is 18.2 Å². The van der Waals surface area contributed by atoms with Gasteiger partial charge in [-0.05, 0) is 24.1 Å². The summed E-state index contributed by atoms with van der Waals surface area (Å²) in [5.41, 5.74) is 0.408. The van der Waals surface area contributed by atoms with E-state index in [9.17, 15) is 18.4 Å². The fraction of sp³-hybridized carbons (Fsp3) is 0.273. The predicted molar refractivity (Wildman–Crippen MR) is 59.1 cm³/mol. The molecular formula is C11H12F2N2O3. The summed E-state index contributed by atoms with van der Waals surface area (Å²) in [7, 11) is 0. The van der Waals surface area contributed by atoms with Gasteiger partial charge in [0.25, 0.3) is 0 Å². The van der Waals surface area contributed by atoms with Crippen LogP contribution in [0.3, 0.4) is 0 Å². The molecule has 2 amide bonds. The molecule has 1 aromatic rings. The summed E-state index contributed by atoms with van der Waals surface area (Å²) in [5, 5.41) is 12.8. The maximum Gasteiger partial charge on any atom is 0.323 e. The van der Waals surface area contributed by atoms with Crippen molar-refractivity contribution in [3.8, 4) is 0 Å². The van der Waals surface area contributed by atoms with Gasteiger partial charge >= 0.3 is 12.0 Å². The Hall–Kier alpha value is -2.18. The third kappa shape index (κ3) is 5.24. The van der Waals surface area contributed by atoms with Crippen molar-refractivity contribution in [2.45, 2.75) is 6.42 Å². The molecule has 0 spiro atoms. The number of hydrogen-bond donors (Lipinski definition) is 3. The maximum absolute atomic E-state index is 12.8. The highest BCUT2D eigenvalue weighted by Crippen LogP contribution is 2.07. The van der Waals surface area contributed by atoms with E-state index in [0.717, 1.165) is 6.07 Å². The van der Waals surface area contributed by atoms with E-state index in [4.69, 9.17) is 5.11 Å². The first-order chi connectivity index (χ1) is 8.47. The summed E-state index contributed by atoms with van der Waals surface area (Å²) < 4.78 is 25.6. The minimum Gasteiger partial charge on any atom is -0.480 e. The monoisotopic (exact) mass is 258 g/mol. The Bertz CT molecular complexity index is 432. The summed E-state index contributed by atoms with van der Waals surface area (Å²) >= 11 is 0. The summed E-state index contributed by atoms with van der Waals surface area (Å²) in [4.78, 5) is 21.2. The first-order valence-corrected chi connectivity index (χ1v) is 5.16. The molecule has 0 aromatic heterocycles. The number of aliphatic carboxylic acids is 1. The van der Waals surface area contributed by atoms with Gasteiger partial charge in [0.15, 0.2) is 0 Å². The van der Waals surface area contributed by atoms with Gasteiger partial charge in [0.05, 0.1) is 0 Å². The fourth-order valence-electron chi connectivity index (χ4n) is 1.29. The first kappa shape index (κ1) is 13.9. The van der Waals surface area contributed by atoms with Gasteiger partial charge in [-0.1, -0.05) is 0 Å². The van der Waals surface area contributed by atoms with Crippen LogP contribution in [0.15, 0.2) is 18.2 Å². The molecular weight excluding hydrogens is 246 g/mol. The molecule has 7 heteroatoms. The number of carbonyl (C=O) groups is 2. The number of rotatable bonds is 5. The van der Waals surface area contributed by atoms with Gasteiger partial charge in [-0.3, -0.25) is 4.79 Å². The van der Waals surface area contributed by atoms with Crippen LogP contribution in [0.2, 0.25) is 0 Å². The van der Waals surface area contributed by atoms with E-state index in [1.807, 2.05) is 0 Å². The predicted octanol–water partition coefficient (Wildman–Crippen LogP) is 0.891. The number of carbonyl (C=O) groups excluding carboxylic acids is 1. The molecule has 0 aliphatic carbocycles. The minimum absolute atomic E-state index is 0.147. The van der Waals surface area contributed by atoms with Gasteiger partial charge in [0.2, 0.25) is 0 Å². The van der Waals surface area contributed by atoms with Crippen molar-refractivity contribution in [2.75, 3.05) is 13.1 Å². The molecule has 0 atom stereocenters.